The van der Waals surface area contributed by atoms with Gasteiger partial charge in [-0.3, -0.25) is 0 Å². The normalized spacial score (nSPS) is 31.4. The van der Waals surface area contributed by atoms with Gasteiger partial charge in [-0.25, -0.2) is 0 Å². The van der Waals surface area contributed by atoms with Crippen LogP contribution in [0.4, 0.5) is 0 Å². The van der Waals surface area contributed by atoms with Crippen LogP contribution in [0.1, 0.15) is 32.6 Å². The maximum absolute atomic E-state index is 5.40. The Hall–Kier alpha value is -0.340. The van der Waals surface area contributed by atoms with Gasteiger partial charge in [0, 0.05) is 12.6 Å². The molecule has 80 valence electrons. The lowest BCUT2D eigenvalue weighted by Gasteiger charge is -2.14. The van der Waals surface area contributed by atoms with Crippen molar-refractivity contribution in [3.63, 3.8) is 0 Å². The maximum atomic E-state index is 5.40. The fraction of sp³-hybridized carbons (Fsp3) is 0.833. The zero-order valence-electron chi connectivity index (χ0n) is 9.09. The molecule has 2 unspecified atom stereocenters. The molecule has 0 radical (unpaired) electrons. The third-order valence-corrected chi connectivity index (χ3v) is 3.16. The van der Waals surface area contributed by atoms with E-state index in [0.717, 1.165) is 38.1 Å². The van der Waals surface area contributed by atoms with Crippen molar-refractivity contribution >= 4 is 0 Å². The fourth-order valence-electron chi connectivity index (χ4n) is 2.18. The highest BCUT2D eigenvalue weighted by molar-refractivity contribution is 5.08. The SMILES string of the molecule is CCCC1CC1NCC1=CCCOC1. The first-order valence-electron chi connectivity index (χ1n) is 5.89. The molecule has 2 atom stereocenters. The van der Waals surface area contributed by atoms with Gasteiger partial charge in [0.1, 0.15) is 0 Å². The molecule has 2 aliphatic rings. The summed E-state index contributed by atoms with van der Waals surface area (Å²) in [4.78, 5) is 0. The summed E-state index contributed by atoms with van der Waals surface area (Å²) in [6.45, 7) is 5.07. The van der Waals surface area contributed by atoms with Crippen molar-refractivity contribution in [1.82, 2.24) is 5.32 Å². The topological polar surface area (TPSA) is 21.3 Å². The van der Waals surface area contributed by atoms with Gasteiger partial charge in [0.15, 0.2) is 0 Å². The Morgan fingerprint density at radius 3 is 3.21 bits per heavy atom. The molecule has 1 aliphatic heterocycles. The average molecular weight is 195 g/mol. The number of nitrogens with one attached hydrogen (secondary N) is 1. The van der Waals surface area contributed by atoms with Crippen LogP contribution in [-0.4, -0.2) is 25.8 Å². The average Bonchev–Trinajstić information content (AvgIpc) is 2.96. The Bertz CT molecular complexity index is 212. The van der Waals surface area contributed by atoms with E-state index in [1.54, 1.807) is 0 Å². The van der Waals surface area contributed by atoms with Crippen LogP contribution in [0.25, 0.3) is 0 Å². The molecule has 0 bridgehead atoms. The lowest BCUT2D eigenvalue weighted by atomic mass is 10.2. The van der Waals surface area contributed by atoms with Crippen molar-refractivity contribution in [1.29, 1.82) is 0 Å². The summed E-state index contributed by atoms with van der Waals surface area (Å²) in [6.07, 6.45) is 7.54. The molecule has 2 heteroatoms. The second kappa shape index (κ2) is 4.94. The van der Waals surface area contributed by atoms with Crippen LogP contribution in [0.15, 0.2) is 11.6 Å². The molecule has 0 amide bonds. The Morgan fingerprint density at radius 1 is 1.57 bits per heavy atom. The highest BCUT2D eigenvalue weighted by Crippen LogP contribution is 2.34. The van der Waals surface area contributed by atoms with E-state index in [-0.39, 0.29) is 0 Å². The van der Waals surface area contributed by atoms with Gasteiger partial charge in [0.25, 0.3) is 0 Å². The van der Waals surface area contributed by atoms with Gasteiger partial charge in [0.2, 0.25) is 0 Å². The first kappa shape index (κ1) is 10.2. The van der Waals surface area contributed by atoms with Crippen molar-refractivity contribution in [3.05, 3.63) is 11.6 Å². The maximum Gasteiger partial charge on any atom is 0.0689 e. The highest BCUT2D eigenvalue weighted by atomic mass is 16.5. The Kier molecular flexibility index (Phi) is 3.60. The molecule has 0 aromatic heterocycles. The zero-order valence-corrected chi connectivity index (χ0v) is 9.09. The van der Waals surface area contributed by atoms with Crippen molar-refractivity contribution in [2.75, 3.05) is 19.8 Å². The second-order valence-electron chi connectivity index (χ2n) is 4.48. The minimum Gasteiger partial charge on any atom is -0.377 e. The van der Waals surface area contributed by atoms with Gasteiger partial charge in [-0.15, -0.1) is 0 Å². The summed E-state index contributed by atoms with van der Waals surface area (Å²) in [5, 5.41) is 3.61. The minimum atomic E-state index is 0.803. The molecule has 0 saturated heterocycles. The van der Waals surface area contributed by atoms with Gasteiger partial charge in [-0.2, -0.15) is 0 Å². The summed E-state index contributed by atoms with van der Waals surface area (Å²) in [6, 6.07) is 0.803. The van der Waals surface area contributed by atoms with Gasteiger partial charge in [0.05, 0.1) is 13.2 Å². The third-order valence-electron chi connectivity index (χ3n) is 3.16. The van der Waals surface area contributed by atoms with E-state index in [0.29, 0.717) is 0 Å². The summed E-state index contributed by atoms with van der Waals surface area (Å²) in [5.74, 6) is 0.963. The van der Waals surface area contributed by atoms with Crippen LogP contribution in [0.5, 0.6) is 0 Å². The molecular weight excluding hydrogens is 174 g/mol. The molecule has 1 heterocycles. The van der Waals surface area contributed by atoms with Crippen LogP contribution in [0, 0.1) is 5.92 Å². The fourth-order valence-corrected chi connectivity index (χ4v) is 2.18. The number of ether oxygens (including phenoxy) is 1. The minimum absolute atomic E-state index is 0.803. The van der Waals surface area contributed by atoms with E-state index in [4.69, 9.17) is 4.74 Å². The van der Waals surface area contributed by atoms with Gasteiger partial charge in [-0.1, -0.05) is 19.4 Å². The van der Waals surface area contributed by atoms with Crippen LogP contribution >= 0.6 is 0 Å². The predicted molar refractivity (Wildman–Crippen MR) is 58.3 cm³/mol. The Balaban J connectivity index is 1.61. The molecule has 1 saturated carbocycles. The summed E-state index contributed by atoms with van der Waals surface area (Å²) in [7, 11) is 0. The van der Waals surface area contributed by atoms with Crippen LogP contribution in [0.3, 0.4) is 0 Å². The molecule has 14 heavy (non-hydrogen) atoms. The molecule has 0 aromatic rings. The number of hydrogen-bond donors (Lipinski definition) is 1. The highest BCUT2D eigenvalue weighted by Gasteiger charge is 2.35. The first-order chi connectivity index (χ1) is 6.90. The number of hydrogen-bond acceptors (Lipinski definition) is 2. The monoisotopic (exact) mass is 195 g/mol. The second-order valence-corrected chi connectivity index (χ2v) is 4.48. The molecule has 1 fully saturated rings. The van der Waals surface area contributed by atoms with Crippen LogP contribution in [-0.2, 0) is 4.74 Å². The van der Waals surface area contributed by atoms with Crippen molar-refractivity contribution in [2.24, 2.45) is 5.92 Å². The van der Waals surface area contributed by atoms with Crippen LogP contribution in [0.2, 0.25) is 0 Å². The summed E-state index contributed by atoms with van der Waals surface area (Å²) < 4.78 is 5.40. The van der Waals surface area contributed by atoms with E-state index in [2.05, 4.69) is 18.3 Å². The molecule has 0 aromatic carbocycles. The lowest BCUT2D eigenvalue weighted by molar-refractivity contribution is 0.148. The predicted octanol–water partition coefficient (Wildman–Crippen LogP) is 2.11. The Labute approximate surface area is 86.7 Å². The standard InChI is InChI=1S/C12H21NO/c1-2-4-11-7-12(11)13-8-10-5-3-6-14-9-10/h5,11-13H,2-4,6-9H2,1H3. The van der Waals surface area contributed by atoms with E-state index in [1.807, 2.05) is 0 Å². The van der Waals surface area contributed by atoms with E-state index >= 15 is 0 Å². The molecule has 2 rings (SSSR count). The third kappa shape index (κ3) is 2.82. The molecular formula is C12H21NO. The number of rotatable bonds is 5. The smallest absolute Gasteiger partial charge is 0.0689 e. The first-order valence-corrected chi connectivity index (χ1v) is 5.89. The van der Waals surface area contributed by atoms with E-state index in [1.165, 1.54) is 24.8 Å². The van der Waals surface area contributed by atoms with Crippen molar-refractivity contribution < 1.29 is 4.74 Å². The van der Waals surface area contributed by atoms with Gasteiger partial charge >= 0.3 is 0 Å². The van der Waals surface area contributed by atoms with Gasteiger partial charge < -0.3 is 10.1 Å². The van der Waals surface area contributed by atoms with Gasteiger partial charge in [-0.05, 0) is 30.8 Å². The Morgan fingerprint density at radius 2 is 2.50 bits per heavy atom. The summed E-state index contributed by atoms with van der Waals surface area (Å²) >= 11 is 0. The largest absolute Gasteiger partial charge is 0.377 e. The zero-order chi connectivity index (χ0) is 9.80. The molecule has 1 aliphatic carbocycles. The quantitative estimate of drug-likeness (QED) is 0.678. The molecule has 1 N–H and O–H groups in total. The van der Waals surface area contributed by atoms with Crippen molar-refractivity contribution in [2.45, 2.75) is 38.6 Å². The lowest BCUT2D eigenvalue weighted by Crippen LogP contribution is -2.24. The summed E-state index contributed by atoms with van der Waals surface area (Å²) in [5.41, 5.74) is 1.44. The van der Waals surface area contributed by atoms with E-state index < -0.39 is 0 Å². The van der Waals surface area contributed by atoms with Crippen LogP contribution < -0.4 is 5.32 Å². The molecule has 2 nitrogen and oxygen atoms in total. The van der Waals surface area contributed by atoms with E-state index in [9.17, 15) is 0 Å². The molecule has 0 spiro atoms. The van der Waals surface area contributed by atoms with Crippen molar-refractivity contribution in [3.8, 4) is 0 Å².